The van der Waals surface area contributed by atoms with Gasteiger partial charge in [0.2, 0.25) is 5.76 Å². The van der Waals surface area contributed by atoms with Crippen molar-refractivity contribution in [3.8, 4) is 0 Å². The monoisotopic (exact) mass is 302 g/mol. The molecule has 2 atom stereocenters. The van der Waals surface area contributed by atoms with Crippen molar-refractivity contribution in [3.05, 3.63) is 17.5 Å². The number of halogens is 1. The number of ether oxygens (including phenoxy) is 1. The van der Waals surface area contributed by atoms with Gasteiger partial charge in [-0.15, -0.1) is 0 Å². The molecule has 1 fully saturated rings. The Bertz CT molecular complexity index is 407. The van der Waals surface area contributed by atoms with Crippen molar-refractivity contribution >= 4 is 21.8 Å². The summed E-state index contributed by atoms with van der Waals surface area (Å²) in [5, 5.41) is 4.45. The van der Waals surface area contributed by atoms with Crippen LogP contribution in [0.2, 0.25) is 0 Å². The standard InChI is InChI=1S/C11H15BrN2O3/c1-7-3-10(17-13-7)11(15)14-5-9(4-12)16-6-8(14)2/h3,8-9H,4-6H2,1-2H3. The molecule has 0 spiro atoms. The highest BCUT2D eigenvalue weighted by Gasteiger charge is 2.31. The summed E-state index contributed by atoms with van der Waals surface area (Å²) < 4.78 is 10.6. The summed E-state index contributed by atoms with van der Waals surface area (Å²) in [6.45, 7) is 4.88. The third-order valence-electron chi connectivity index (χ3n) is 2.78. The van der Waals surface area contributed by atoms with Gasteiger partial charge in [-0.05, 0) is 13.8 Å². The molecule has 1 saturated heterocycles. The van der Waals surface area contributed by atoms with Crippen LogP contribution in [-0.4, -0.2) is 46.6 Å². The lowest BCUT2D eigenvalue weighted by Gasteiger charge is -2.36. The summed E-state index contributed by atoms with van der Waals surface area (Å²) in [7, 11) is 0. The fourth-order valence-corrected chi connectivity index (χ4v) is 2.19. The Morgan fingerprint density at radius 2 is 2.47 bits per heavy atom. The van der Waals surface area contributed by atoms with Crippen LogP contribution in [0.25, 0.3) is 0 Å². The van der Waals surface area contributed by atoms with Crippen molar-refractivity contribution in [1.29, 1.82) is 0 Å². The van der Waals surface area contributed by atoms with Crippen molar-refractivity contribution in [2.45, 2.75) is 26.0 Å². The first kappa shape index (κ1) is 12.6. The Kier molecular flexibility index (Phi) is 3.83. The van der Waals surface area contributed by atoms with Gasteiger partial charge in [0, 0.05) is 17.9 Å². The molecule has 0 bridgehead atoms. The number of amides is 1. The van der Waals surface area contributed by atoms with Crippen LogP contribution in [0.3, 0.4) is 0 Å². The molecule has 2 heterocycles. The molecule has 6 heteroatoms. The van der Waals surface area contributed by atoms with Crippen molar-refractivity contribution in [3.63, 3.8) is 0 Å². The molecule has 0 aromatic carbocycles. The summed E-state index contributed by atoms with van der Waals surface area (Å²) in [5.41, 5.74) is 0.714. The van der Waals surface area contributed by atoms with E-state index in [9.17, 15) is 4.79 Å². The number of carbonyl (C=O) groups excluding carboxylic acids is 1. The van der Waals surface area contributed by atoms with Crippen LogP contribution < -0.4 is 0 Å². The zero-order chi connectivity index (χ0) is 12.4. The average molecular weight is 303 g/mol. The molecule has 2 unspecified atom stereocenters. The smallest absolute Gasteiger partial charge is 0.292 e. The molecule has 94 valence electrons. The second kappa shape index (κ2) is 5.18. The minimum atomic E-state index is -0.118. The summed E-state index contributed by atoms with van der Waals surface area (Å²) in [4.78, 5) is 14.0. The minimum absolute atomic E-state index is 0.0409. The van der Waals surface area contributed by atoms with E-state index in [1.54, 1.807) is 17.9 Å². The minimum Gasteiger partial charge on any atom is -0.373 e. The van der Waals surface area contributed by atoms with E-state index in [0.717, 1.165) is 5.33 Å². The Balaban J connectivity index is 2.12. The fraction of sp³-hybridized carbons (Fsp3) is 0.636. The lowest BCUT2D eigenvalue weighted by molar-refractivity contribution is -0.0373. The maximum absolute atomic E-state index is 12.2. The second-order valence-electron chi connectivity index (χ2n) is 4.25. The van der Waals surface area contributed by atoms with Gasteiger partial charge >= 0.3 is 0 Å². The number of aromatic nitrogens is 1. The van der Waals surface area contributed by atoms with Crippen LogP contribution in [-0.2, 0) is 4.74 Å². The number of hydrogen-bond donors (Lipinski definition) is 0. The van der Waals surface area contributed by atoms with E-state index >= 15 is 0 Å². The van der Waals surface area contributed by atoms with Gasteiger partial charge in [0.1, 0.15) is 0 Å². The molecule has 1 aliphatic heterocycles. The van der Waals surface area contributed by atoms with Crippen LogP contribution in [0.5, 0.6) is 0 Å². The molecule has 2 rings (SSSR count). The molecule has 0 aliphatic carbocycles. The van der Waals surface area contributed by atoms with Gasteiger partial charge in [-0.3, -0.25) is 4.79 Å². The molecule has 1 amide bonds. The van der Waals surface area contributed by atoms with Crippen LogP contribution in [0.15, 0.2) is 10.6 Å². The predicted octanol–water partition coefficient (Wildman–Crippen LogP) is 1.61. The van der Waals surface area contributed by atoms with Crippen molar-refractivity contribution in [1.82, 2.24) is 10.1 Å². The zero-order valence-electron chi connectivity index (χ0n) is 9.85. The molecule has 0 saturated carbocycles. The SMILES string of the molecule is Cc1cc(C(=O)N2CC(CBr)OCC2C)on1. The number of rotatable bonds is 2. The number of carbonyl (C=O) groups is 1. The normalized spacial score (nSPS) is 25.0. The maximum Gasteiger partial charge on any atom is 0.292 e. The number of alkyl halides is 1. The number of morpholine rings is 1. The summed E-state index contributed by atoms with van der Waals surface area (Å²) >= 11 is 3.37. The quantitative estimate of drug-likeness (QED) is 0.779. The van der Waals surface area contributed by atoms with Gasteiger partial charge in [-0.25, -0.2) is 0 Å². The second-order valence-corrected chi connectivity index (χ2v) is 4.90. The molecule has 17 heavy (non-hydrogen) atoms. The molecule has 0 N–H and O–H groups in total. The highest BCUT2D eigenvalue weighted by molar-refractivity contribution is 9.09. The van der Waals surface area contributed by atoms with Crippen molar-refractivity contribution in [2.75, 3.05) is 18.5 Å². The zero-order valence-corrected chi connectivity index (χ0v) is 11.4. The van der Waals surface area contributed by atoms with Gasteiger partial charge in [-0.1, -0.05) is 21.1 Å². The van der Waals surface area contributed by atoms with Crippen LogP contribution >= 0.6 is 15.9 Å². The maximum atomic E-state index is 12.2. The van der Waals surface area contributed by atoms with Gasteiger partial charge in [0.25, 0.3) is 5.91 Å². The molecule has 1 aliphatic rings. The largest absolute Gasteiger partial charge is 0.373 e. The third-order valence-corrected chi connectivity index (χ3v) is 3.50. The Morgan fingerprint density at radius 1 is 1.71 bits per heavy atom. The highest BCUT2D eigenvalue weighted by atomic mass is 79.9. The van der Waals surface area contributed by atoms with Gasteiger partial charge in [-0.2, -0.15) is 0 Å². The predicted molar refractivity (Wildman–Crippen MR) is 65.3 cm³/mol. The van der Waals surface area contributed by atoms with Gasteiger partial charge < -0.3 is 14.2 Å². The highest BCUT2D eigenvalue weighted by Crippen LogP contribution is 2.17. The van der Waals surface area contributed by atoms with E-state index < -0.39 is 0 Å². The van der Waals surface area contributed by atoms with E-state index in [0.29, 0.717) is 24.6 Å². The van der Waals surface area contributed by atoms with E-state index in [1.165, 1.54) is 0 Å². The lowest BCUT2D eigenvalue weighted by Crippen LogP contribution is -2.51. The molecule has 5 nitrogen and oxygen atoms in total. The average Bonchev–Trinajstić information content (AvgIpc) is 2.76. The Morgan fingerprint density at radius 3 is 3.06 bits per heavy atom. The molecular formula is C11H15BrN2O3. The van der Waals surface area contributed by atoms with Crippen LogP contribution in [0.4, 0.5) is 0 Å². The van der Waals surface area contributed by atoms with E-state index in [1.807, 2.05) is 6.92 Å². The number of aryl methyl sites for hydroxylation is 1. The molecule has 1 aromatic heterocycles. The van der Waals surface area contributed by atoms with E-state index in [2.05, 4.69) is 21.1 Å². The van der Waals surface area contributed by atoms with Crippen LogP contribution in [0.1, 0.15) is 23.2 Å². The summed E-state index contributed by atoms with van der Waals surface area (Å²) in [5.74, 6) is 0.178. The third kappa shape index (κ3) is 2.69. The lowest BCUT2D eigenvalue weighted by atomic mass is 10.2. The van der Waals surface area contributed by atoms with Crippen molar-refractivity contribution < 1.29 is 14.1 Å². The van der Waals surface area contributed by atoms with Crippen molar-refractivity contribution in [2.24, 2.45) is 0 Å². The van der Waals surface area contributed by atoms with Crippen LogP contribution in [0, 0.1) is 6.92 Å². The first-order valence-electron chi connectivity index (χ1n) is 5.53. The first-order chi connectivity index (χ1) is 8.11. The Hall–Kier alpha value is -0.880. The first-order valence-corrected chi connectivity index (χ1v) is 6.66. The van der Waals surface area contributed by atoms with E-state index in [-0.39, 0.29) is 18.1 Å². The van der Waals surface area contributed by atoms with E-state index in [4.69, 9.17) is 9.26 Å². The molecule has 0 radical (unpaired) electrons. The Labute approximate surface area is 108 Å². The molecular weight excluding hydrogens is 288 g/mol. The number of nitrogens with zero attached hydrogens (tertiary/aromatic N) is 2. The summed E-state index contributed by atoms with van der Waals surface area (Å²) in [6, 6.07) is 1.72. The van der Waals surface area contributed by atoms with Gasteiger partial charge in [0.05, 0.1) is 24.4 Å². The van der Waals surface area contributed by atoms with Gasteiger partial charge in [0.15, 0.2) is 0 Å². The molecule has 1 aromatic rings. The number of hydrogen-bond acceptors (Lipinski definition) is 4. The fourth-order valence-electron chi connectivity index (χ4n) is 1.80. The summed E-state index contributed by atoms with van der Waals surface area (Å²) in [6.07, 6.45) is 0.0409. The topological polar surface area (TPSA) is 55.6 Å².